The van der Waals surface area contributed by atoms with E-state index in [0.29, 0.717) is 0 Å². The second-order valence-corrected chi connectivity index (χ2v) is 7.42. The fraction of sp³-hybridized carbons (Fsp3) is 0.381. The highest BCUT2D eigenvalue weighted by atomic mass is 35.5. The molecule has 3 nitrogen and oxygen atoms in total. The molecule has 1 N–H and O–H groups in total. The molecule has 138 valence electrons. The molecule has 0 aliphatic carbocycles. The molecular formula is C21H24ClFN2O. The second-order valence-electron chi connectivity index (χ2n) is 6.98. The quantitative estimate of drug-likeness (QED) is 0.831. The van der Waals surface area contributed by atoms with Crippen LogP contribution in [0.1, 0.15) is 36.9 Å². The van der Waals surface area contributed by atoms with Gasteiger partial charge >= 0.3 is 0 Å². The van der Waals surface area contributed by atoms with E-state index in [4.69, 9.17) is 11.6 Å². The zero-order chi connectivity index (χ0) is 18.5. The Labute approximate surface area is 159 Å². The lowest BCUT2D eigenvalue weighted by Crippen LogP contribution is -2.43. The first-order valence-electron chi connectivity index (χ1n) is 9.04. The minimum atomic E-state index is -0.266. The van der Waals surface area contributed by atoms with Gasteiger partial charge in [-0.3, -0.25) is 9.69 Å². The number of carbonyl (C=O) groups is 1. The number of nitrogens with one attached hydrogen (secondary N) is 1. The summed E-state index contributed by atoms with van der Waals surface area (Å²) in [6.07, 6.45) is 1.91. The van der Waals surface area contributed by atoms with Gasteiger partial charge in [-0.05, 0) is 61.7 Å². The predicted octanol–water partition coefficient (Wildman–Crippen LogP) is 4.57. The van der Waals surface area contributed by atoms with Crippen molar-refractivity contribution in [2.75, 3.05) is 13.1 Å². The summed E-state index contributed by atoms with van der Waals surface area (Å²) in [4.78, 5) is 15.0. The van der Waals surface area contributed by atoms with Crippen molar-refractivity contribution in [3.05, 3.63) is 70.5 Å². The molecule has 26 heavy (non-hydrogen) atoms. The molecule has 1 amide bonds. The molecule has 2 aromatic rings. The van der Waals surface area contributed by atoms with Crippen LogP contribution in [-0.2, 0) is 11.3 Å². The second kappa shape index (κ2) is 8.65. The SMILES string of the molecule is C[C@@H](NC(=O)[C@H]1CCCN(Cc2ccc(Cl)cc2)C1)c1ccc(F)cc1. The standard InChI is InChI=1S/C21H24ClFN2O/c1-15(17-6-10-20(23)11-7-17)24-21(26)18-3-2-12-25(14-18)13-16-4-8-19(22)9-5-16/h4-11,15,18H,2-3,12-14H2,1H3,(H,24,26)/t15-,18+/m1/s1. The van der Waals surface area contributed by atoms with E-state index in [9.17, 15) is 9.18 Å². The van der Waals surface area contributed by atoms with Gasteiger partial charge in [0.15, 0.2) is 0 Å². The fourth-order valence-corrected chi connectivity index (χ4v) is 3.55. The maximum absolute atomic E-state index is 13.0. The fourth-order valence-electron chi connectivity index (χ4n) is 3.43. The Bertz CT molecular complexity index is 733. The Hall–Kier alpha value is -1.91. The number of hydrogen-bond acceptors (Lipinski definition) is 2. The first kappa shape index (κ1) is 18.9. The molecule has 0 unspecified atom stereocenters. The van der Waals surface area contributed by atoms with Crippen LogP contribution in [0.25, 0.3) is 0 Å². The zero-order valence-electron chi connectivity index (χ0n) is 14.9. The van der Waals surface area contributed by atoms with Gasteiger partial charge in [-0.15, -0.1) is 0 Å². The van der Waals surface area contributed by atoms with Gasteiger partial charge in [0, 0.05) is 18.1 Å². The van der Waals surface area contributed by atoms with E-state index in [1.165, 1.54) is 17.7 Å². The van der Waals surface area contributed by atoms with Gasteiger partial charge in [0.1, 0.15) is 5.82 Å². The number of likely N-dealkylation sites (tertiary alicyclic amines) is 1. The van der Waals surface area contributed by atoms with E-state index in [1.807, 2.05) is 31.2 Å². The summed E-state index contributed by atoms with van der Waals surface area (Å²) in [5.41, 5.74) is 2.11. The molecule has 5 heteroatoms. The monoisotopic (exact) mass is 374 g/mol. The molecule has 3 rings (SSSR count). The van der Waals surface area contributed by atoms with Crippen LogP contribution in [0.3, 0.4) is 0 Å². The molecule has 2 aromatic carbocycles. The molecular weight excluding hydrogens is 351 g/mol. The lowest BCUT2D eigenvalue weighted by molar-refractivity contribution is -0.127. The number of hydrogen-bond donors (Lipinski definition) is 1. The Balaban J connectivity index is 1.55. The summed E-state index contributed by atoms with van der Waals surface area (Å²) in [5, 5.41) is 3.81. The van der Waals surface area contributed by atoms with Crippen LogP contribution in [0.5, 0.6) is 0 Å². The van der Waals surface area contributed by atoms with E-state index < -0.39 is 0 Å². The average Bonchev–Trinajstić information content (AvgIpc) is 2.64. The van der Waals surface area contributed by atoms with Crippen LogP contribution in [-0.4, -0.2) is 23.9 Å². The topological polar surface area (TPSA) is 32.3 Å². The van der Waals surface area contributed by atoms with Crippen molar-refractivity contribution in [1.82, 2.24) is 10.2 Å². The minimum absolute atomic E-state index is 0.0149. The van der Waals surface area contributed by atoms with Crippen LogP contribution in [0.4, 0.5) is 4.39 Å². The summed E-state index contributed by atoms with van der Waals surface area (Å²) < 4.78 is 13.0. The van der Waals surface area contributed by atoms with Crippen molar-refractivity contribution >= 4 is 17.5 Å². The maximum Gasteiger partial charge on any atom is 0.224 e. The van der Waals surface area contributed by atoms with Crippen LogP contribution >= 0.6 is 11.6 Å². The highest BCUT2D eigenvalue weighted by Gasteiger charge is 2.26. The number of nitrogens with zero attached hydrogens (tertiary/aromatic N) is 1. The summed E-state index contributed by atoms with van der Waals surface area (Å²) in [6, 6.07) is 14.0. The molecule has 1 fully saturated rings. The highest BCUT2D eigenvalue weighted by molar-refractivity contribution is 6.30. The average molecular weight is 375 g/mol. The van der Waals surface area contributed by atoms with Crippen LogP contribution in [0.2, 0.25) is 5.02 Å². The van der Waals surface area contributed by atoms with Crippen molar-refractivity contribution in [3.8, 4) is 0 Å². The highest BCUT2D eigenvalue weighted by Crippen LogP contribution is 2.21. The molecule has 0 spiro atoms. The third kappa shape index (κ3) is 5.05. The van der Waals surface area contributed by atoms with Gasteiger partial charge in [-0.25, -0.2) is 4.39 Å². The van der Waals surface area contributed by atoms with Crippen LogP contribution in [0.15, 0.2) is 48.5 Å². The predicted molar refractivity (Wildman–Crippen MR) is 102 cm³/mol. The van der Waals surface area contributed by atoms with Gasteiger partial charge in [0.2, 0.25) is 5.91 Å². The van der Waals surface area contributed by atoms with E-state index in [2.05, 4.69) is 10.2 Å². The van der Waals surface area contributed by atoms with Gasteiger partial charge in [0.05, 0.1) is 12.0 Å². The van der Waals surface area contributed by atoms with Crippen molar-refractivity contribution in [2.45, 2.75) is 32.4 Å². The number of piperidine rings is 1. The summed E-state index contributed by atoms with van der Waals surface area (Å²) in [5.74, 6) is -0.209. The molecule has 2 atom stereocenters. The summed E-state index contributed by atoms with van der Waals surface area (Å²) in [7, 11) is 0. The molecule has 0 bridgehead atoms. The molecule has 0 radical (unpaired) electrons. The first-order chi connectivity index (χ1) is 12.5. The zero-order valence-corrected chi connectivity index (χ0v) is 15.7. The molecule has 1 aliphatic rings. The maximum atomic E-state index is 13.0. The number of carbonyl (C=O) groups excluding carboxylic acids is 1. The first-order valence-corrected chi connectivity index (χ1v) is 9.41. The van der Waals surface area contributed by atoms with Crippen LogP contribution in [0, 0.1) is 11.7 Å². The number of amides is 1. The lowest BCUT2D eigenvalue weighted by atomic mass is 9.96. The summed E-state index contributed by atoms with van der Waals surface area (Å²) >= 11 is 5.94. The minimum Gasteiger partial charge on any atom is -0.349 e. The number of rotatable bonds is 5. The molecule has 0 aromatic heterocycles. The van der Waals surface area contributed by atoms with Gasteiger partial charge in [0.25, 0.3) is 0 Å². The van der Waals surface area contributed by atoms with Crippen molar-refractivity contribution < 1.29 is 9.18 Å². The van der Waals surface area contributed by atoms with Crippen molar-refractivity contribution in [1.29, 1.82) is 0 Å². The van der Waals surface area contributed by atoms with E-state index in [-0.39, 0.29) is 23.7 Å². The van der Waals surface area contributed by atoms with Gasteiger partial charge < -0.3 is 5.32 Å². The van der Waals surface area contributed by atoms with Crippen molar-refractivity contribution in [3.63, 3.8) is 0 Å². The summed E-state index contributed by atoms with van der Waals surface area (Å²) in [6.45, 7) is 4.51. The van der Waals surface area contributed by atoms with E-state index >= 15 is 0 Å². The smallest absolute Gasteiger partial charge is 0.224 e. The third-order valence-corrected chi connectivity index (χ3v) is 5.18. The lowest BCUT2D eigenvalue weighted by Gasteiger charge is -2.32. The largest absolute Gasteiger partial charge is 0.349 e. The molecule has 1 saturated heterocycles. The van der Waals surface area contributed by atoms with E-state index in [0.717, 1.165) is 43.1 Å². The molecule has 0 saturated carbocycles. The van der Waals surface area contributed by atoms with Crippen molar-refractivity contribution in [2.24, 2.45) is 5.92 Å². The normalized spacial score (nSPS) is 19.1. The Morgan fingerprint density at radius 2 is 1.92 bits per heavy atom. The van der Waals surface area contributed by atoms with Gasteiger partial charge in [-0.1, -0.05) is 35.9 Å². The number of halogens is 2. The Morgan fingerprint density at radius 3 is 2.62 bits per heavy atom. The number of benzene rings is 2. The van der Waals surface area contributed by atoms with Crippen LogP contribution < -0.4 is 5.32 Å². The Morgan fingerprint density at radius 1 is 1.23 bits per heavy atom. The Kier molecular flexibility index (Phi) is 6.28. The molecule has 1 aliphatic heterocycles. The van der Waals surface area contributed by atoms with E-state index in [1.54, 1.807) is 12.1 Å². The third-order valence-electron chi connectivity index (χ3n) is 4.92. The van der Waals surface area contributed by atoms with Gasteiger partial charge in [-0.2, -0.15) is 0 Å². The molecule has 1 heterocycles.